The van der Waals surface area contributed by atoms with Crippen LogP contribution in [0, 0.1) is 0 Å². The minimum Gasteiger partial charge on any atom is -0.334 e. The van der Waals surface area contributed by atoms with E-state index in [0.29, 0.717) is 11.1 Å². The zero-order valence-corrected chi connectivity index (χ0v) is 11.4. The van der Waals surface area contributed by atoms with Crippen molar-refractivity contribution < 1.29 is 4.52 Å². The molecule has 1 aromatic heterocycles. The average molecular weight is 273 g/mol. The highest BCUT2D eigenvalue weighted by atomic mass is 32.2. The molecule has 1 aromatic carbocycles. The molecule has 4 nitrogen and oxygen atoms in total. The molecule has 0 spiro atoms. The Balaban J connectivity index is 1.65. The van der Waals surface area contributed by atoms with Crippen molar-refractivity contribution in [1.29, 1.82) is 0 Å². The number of nitrogens with one attached hydrogen (secondary N) is 1. The third-order valence-corrected chi connectivity index (χ3v) is 5.12. The first-order chi connectivity index (χ1) is 9.40. The van der Waals surface area contributed by atoms with E-state index >= 15 is 0 Å². The highest BCUT2D eigenvalue weighted by molar-refractivity contribution is 7.99. The van der Waals surface area contributed by atoms with Crippen LogP contribution in [-0.2, 0) is 13.1 Å². The van der Waals surface area contributed by atoms with Crippen molar-refractivity contribution in [3.05, 3.63) is 35.2 Å². The normalized spacial score (nSPS) is 21.8. The number of hydrogen-bond donors (Lipinski definition) is 1. The molecule has 19 heavy (non-hydrogen) atoms. The molecule has 0 amide bonds. The smallest absolute Gasteiger partial charge is 0.257 e. The molecule has 1 unspecified atom stereocenters. The van der Waals surface area contributed by atoms with E-state index < -0.39 is 0 Å². The van der Waals surface area contributed by atoms with Gasteiger partial charge >= 0.3 is 0 Å². The Bertz CT molecular complexity index is 604. The Kier molecular flexibility index (Phi) is 2.81. The molecule has 0 saturated carbocycles. The fourth-order valence-electron chi connectivity index (χ4n) is 2.69. The third-order valence-electron chi connectivity index (χ3n) is 3.74. The first-order valence-electron chi connectivity index (χ1n) is 6.68. The zero-order valence-electron chi connectivity index (χ0n) is 10.6. The van der Waals surface area contributed by atoms with Gasteiger partial charge in [-0.05, 0) is 41.9 Å². The summed E-state index contributed by atoms with van der Waals surface area (Å²) >= 11 is 1.93. The van der Waals surface area contributed by atoms with E-state index in [9.17, 15) is 0 Å². The predicted octanol–water partition coefficient (Wildman–Crippen LogP) is 2.91. The maximum absolute atomic E-state index is 5.43. The second-order valence-electron chi connectivity index (χ2n) is 5.05. The van der Waals surface area contributed by atoms with Crippen LogP contribution in [0.4, 0.5) is 0 Å². The third kappa shape index (κ3) is 2.07. The minimum atomic E-state index is 0.425. The largest absolute Gasteiger partial charge is 0.334 e. The summed E-state index contributed by atoms with van der Waals surface area (Å²) in [5.41, 5.74) is 3.74. The van der Waals surface area contributed by atoms with Gasteiger partial charge in [0, 0.05) is 18.7 Å². The molecule has 0 bridgehead atoms. The van der Waals surface area contributed by atoms with E-state index in [1.165, 1.54) is 23.3 Å². The Hall–Kier alpha value is -1.33. The molecular formula is C14H15N3OS. The van der Waals surface area contributed by atoms with Gasteiger partial charge in [0.05, 0.1) is 5.25 Å². The molecule has 2 aromatic rings. The molecule has 4 rings (SSSR count). The Labute approximate surface area is 116 Å². The van der Waals surface area contributed by atoms with Crippen LogP contribution in [-0.4, -0.2) is 15.9 Å². The number of aromatic nitrogens is 2. The fraction of sp³-hybridized carbons (Fsp3) is 0.429. The number of benzene rings is 1. The van der Waals surface area contributed by atoms with Gasteiger partial charge in [0.2, 0.25) is 0 Å². The lowest BCUT2D eigenvalue weighted by Crippen LogP contribution is -1.99. The second-order valence-corrected chi connectivity index (χ2v) is 6.36. The van der Waals surface area contributed by atoms with Gasteiger partial charge in [-0.15, -0.1) is 0 Å². The molecule has 98 valence electrons. The van der Waals surface area contributed by atoms with Gasteiger partial charge in [-0.2, -0.15) is 16.7 Å². The van der Waals surface area contributed by atoms with Gasteiger partial charge in [-0.25, -0.2) is 0 Å². The van der Waals surface area contributed by atoms with Crippen molar-refractivity contribution in [2.45, 2.75) is 31.2 Å². The summed E-state index contributed by atoms with van der Waals surface area (Å²) < 4.78 is 5.43. The van der Waals surface area contributed by atoms with E-state index in [1.54, 1.807) is 0 Å². The molecule has 1 fully saturated rings. The van der Waals surface area contributed by atoms with Gasteiger partial charge in [-0.3, -0.25) is 0 Å². The van der Waals surface area contributed by atoms with E-state index in [1.807, 2.05) is 11.8 Å². The van der Waals surface area contributed by atoms with Crippen molar-refractivity contribution in [3.63, 3.8) is 0 Å². The van der Waals surface area contributed by atoms with Gasteiger partial charge < -0.3 is 9.84 Å². The maximum atomic E-state index is 5.43. The summed E-state index contributed by atoms with van der Waals surface area (Å²) in [5.74, 6) is 2.72. The molecular weight excluding hydrogens is 258 g/mol. The summed E-state index contributed by atoms with van der Waals surface area (Å²) in [6.07, 6.45) is 2.42. The van der Waals surface area contributed by atoms with E-state index in [0.717, 1.165) is 30.9 Å². The van der Waals surface area contributed by atoms with Crippen molar-refractivity contribution >= 4 is 11.8 Å². The second kappa shape index (κ2) is 4.65. The standard InChI is InChI=1S/C14H15N3OS/c1-2-12(19-5-1)13-16-14(18-17-13)9-3-4-10-7-15-8-11(10)6-9/h3-4,6,12,15H,1-2,5,7-8H2. The zero-order chi connectivity index (χ0) is 12.7. The van der Waals surface area contributed by atoms with E-state index in [2.05, 4.69) is 33.7 Å². The molecule has 0 radical (unpaired) electrons. The number of fused-ring (bicyclic) bond motifs is 1. The van der Waals surface area contributed by atoms with E-state index in [4.69, 9.17) is 4.52 Å². The summed E-state index contributed by atoms with van der Waals surface area (Å²) in [5, 5.41) is 7.92. The molecule has 2 aliphatic rings. The summed E-state index contributed by atoms with van der Waals surface area (Å²) in [4.78, 5) is 4.57. The molecule has 2 aliphatic heterocycles. The molecule has 1 N–H and O–H groups in total. The first-order valence-corrected chi connectivity index (χ1v) is 7.73. The highest BCUT2D eigenvalue weighted by Gasteiger charge is 2.23. The topological polar surface area (TPSA) is 51.0 Å². The van der Waals surface area contributed by atoms with Crippen molar-refractivity contribution in [2.24, 2.45) is 0 Å². The predicted molar refractivity (Wildman–Crippen MR) is 74.7 cm³/mol. The number of nitrogens with zero attached hydrogens (tertiary/aromatic N) is 2. The lowest BCUT2D eigenvalue weighted by atomic mass is 10.1. The van der Waals surface area contributed by atoms with Crippen LogP contribution in [0.15, 0.2) is 22.7 Å². The fourth-order valence-corrected chi connectivity index (χ4v) is 3.89. The van der Waals surface area contributed by atoms with Crippen molar-refractivity contribution in [1.82, 2.24) is 15.5 Å². The SMILES string of the molecule is c1cc2c(cc1-c1nc(C3CCCS3)no1)CNC2. The number of rotatable bonds is 2. The van der Waals surface area contributed by atoms with Crippen molar-refractivity contribution in [2.75, 3.05) is 5.75 Å². The van der Waals surface area contributed by atoms with E-state index in [-0.39, 0.29) is 0 Å². The van der Waals surface area contributed by atoms with Crippen molar-refractivity contribution in [3.8, 4) is 11.5 Å². The van der Waals surface area contributed by atoms with Gasteiger partial charge in [0.25, 0.3) is 5.89 Å². The van der Waals surface area contributed by atoms with Crippen LogP contribution in [0.1, 0.15) is 35.0 Å². The van der Waals surface area contributed by atoms with Crippen LogP contribution in [0.25, 0.3) is 11.5 Å². The summed E-state index contributed by atoms with van der Waals surface area (Å²) in [7, 11) is 0. The first kappa shape index (κ1) is 11.5. The molecule has 0 aliphatic carbocycles. The molecule has 1 atom stereocenters. The summed E-state index contributed by atoms with van der Waals surface area (Å²) in [6, 6.07) is 6.39. The lowest BCUT2D eigenvalue weighted by Gasteiger charge is -2.00. The number of hydrogen-bond acceptors (Lipinski definition) is 5. The van der Waals surface area contributed by atoms with Gasteiger partial charge in [-0.1, -0.05) is 11.2 Å². The van der Waals surface area contributed by atoms with Gasteiger partial charge in [0.15, 0.2) is 5.82 Å². The molecule has 1 saturated heterocycles. The lowest BCUT2D eigenvalue weighted by molar-refractivity contribution is 0.421. The quantitative estimate of drug-likeness (QED) is 0.911. The monoisotopic (exact) mass is 273 g/mol. The summed E-state index contributed by atoms with van der Waals surface area (Å²) in [6.45, 7) is 1.89. The highest BCUT2D eigenvalue weighted by Crippen LogP contribution is 2.39. The van der Waals surface area contributed by atoms with Crippen LogP contribution >= 0.6 is 11.8 Å². The molecule has 5 heteroatoms. The van der Waals surface area contributed by atoms with Crippen LogP contribution in [0.3, 0.4) is 0 Å². The van der Waals surface area contributed by atoms with Crippen LogP contribution in [0.5, 0.6) is 0 Å². The average Bonchev–Trinajstić information content (AvgIpc) is 3.18. The Morgan fingerprint density at radius 1 is 1.26 bits per heavy atom. The molecule has 3 heterocycles. The van der Waals surface area contributed by atoms with Crippen LogP contribution in [0.2, 0.25) is 0 Å². The number of thioether (sulfide) groups is 1. The Morgan fingerprint density at radius 3 is 3.11 bits per heavy atom. The maximum Gasteiger partial charge on any atom is 0.257 e. The van der Waals surface area contributed by atoms with Gasteiger partial charge in [0.1, 0.15) is 0 Å². The van der Waals surface area contributed by atoms with Crippen LogP contribution < -0.4 is 5.32 Å². The Morgan fingerprint density at radius 2 is 2.21 bits per heavy atom. The minimum absolute atomic E-state index is 0.425.